The topological polar surface area (TPSA) is 78.9 Å². The zero-order chi connectivity index (χ0) is 52.2. The van der Waals surface area contributed by atoms with E-state index in [-0.39, 0.29) is 31.1 Å². The van der Waals surface area contributed by atoms with E-state index in [0.29, 0.717) is 19.3 Å². The van der Waals surface area contributed by atoms with Gasteiger partial charge in [-0.2, -0.15) is 0 Å². The molecule has 0 saturated carbocycles. The molecule has 0 aromatic rings. The molecule has 72 heavy (non-hydrogen) atoms. The second-order valence-corrected chi connectivity index (χ2v) is 19.1. The van der Waals surface area contributed by atoms with Crippen LogP contribution in [0.15, 0.2) is 122 Å². The van der Waals surface area contributed by atoms with Crippen LogP contribution in [-0.4, -0.2) is 37.2 Å². The molecular formula is C66H108O6. The molecule has 0 rings (SSSR count). The first-order valence-electron chi connectivity index (χ1n) is 29.5. The van der Waals surface area contributed by atoms with Crippen LogP contribution < -0.4 is 0 Å². The minimum absolute atomic E-state index is 0.101. The Hall–Kier alpha value is -4.19. The molecule has 0 aliphatic rings. The zero-order valence-corrected chi connectivity index (χ0v) is 46.7. The normalized spacial score (nSPS) is 13.0. The monoisotopic (exact) mass is 997 g/mol. The molecule has 0 aromatic heterocycles. The van der Waals surface area contributed by atoms with Gasteiger partial charge in [-0.15, -0.1) is 0 Å². The lowest BCUT2D eigenvalue weighted by molar-refractivity contribution is -0.167. The molecule has 6 nitrogen and oxygen atoms in total. The molecule has 0 amide bonds. The van der Waals surface area contributed by atoms with Crippen molar-refractivity contribution in [1.82, 2.24) is 0 Å². The van der Waals surface area contributed by atoms with Gasteiger partial charge in [0, 0.05) is 19.3 Å². The maximum Gasteiger partial charge on any atom is 0.306 e. The predicted octanol–water partition coefficient (Wildman–Crippen LogP) is 20.0. The van der Waals surface area contributed by atoms with Crippen molar-refractivity contribution in [2.45, 2.75) is 264 Å². The van der Waals surface area contributed by atoms with Crippen LogP contribution in [0.5, 0.6) is 0 Å². The fourth-order valence-electron chi connectivity index (χ4n) is 7.81. The Morgan fingerprint density at radius 1 is 0.292 bits per heavy atom. The number of hydrogen-bond donors (Lipinski definition) is 0. The number of unbranched alkanes of at least 4 members (excludes halogenated alkanes) is 21. The van der Waals surface area contributed by atoms with Crippen molar-refractivity contribution < 1.29 is 28.6 Å². The summed E-state index contributed by atoms with van der Waals surface area (Å²) in [6.07, 6.45) is 81.8. The molecule has 1 unspecified atom stereocenters. The van der Waals surface area contributed by atoms with Crippen molar-refractivity contribution in [1.29, 1.82) is 0 Å². The largest absolute Gasteiger partial charge is 0.462 e. The lowest BCUT2D eigenvalue weighted by Gasteiger charge is -2.18. The number of ether oxygens (including phenoxy) is 3. The summed E-state index contributed by atoms with van der Waals surface area (Å²) in [5.74, 6) is -0.952. The van der Waals surface area contributed by atoms with Crippen molar-refractivity contribution in [2.75, 3.05) is 13.2 Å². The Balaban J connectivity index is 4.49. The highest BCUT2D eigenvalue weighted by Gasteiger charge is 2.19. The molecule has 6 heteroatoms. The third-order valence-electron chi connectivity index (χ3n) is 12.2. The van der Waals surface area contributed by atoms with Crippen LogP contribution in [0.2, 0.25) is 0 Å². The van der Waals surface area contributed by atoms with E-state index >= 15 is 0 Å². The highest BCUT2D eigenvalue weighted by molar-refractivity contribution is 5.71. The van der Waals surface area contributed by atoms with Crippen LogP contribution in [0.4, 0.5) is 0 Å². The Morgan fingerprint density at radius 3 is 0.861 bits per heavy atom. The maximum atomic E-state index is 12.9. The van der Waals surface area contributed by atoms with E-state index in [2.05, 4.69) is 142 Å². The van der Waals surface area contributed by atoms with Crippen molar-refractivity contribution >= 4 is 17.9 Å². The SMILES string of the molecule is CC/C=C\C/C=C\C/C=C\C/C=C\C/C=C\CCCCCCCC(=O)OCC(COC(=O)CCCCCCC/C=C\CCCCCCCCC)OC(=O)CCCCCC/C=C\C/C=C\C/C=C\C/C=C\CC. The molecular weight excluding hydrogens is 889 g/mol. The molecule has 0 aliphatic carbocycles. The van der Waals surface area contributed by atoms with E-state index < -0.39 is 6.10 Å². The smallest absolute Gasteiger partial charge is 0.306 e. The van der Waals surface area contributed by atoms with Crippen LogP contribution in [0.3, 0.4) is 0 Å². The van der Waals surface area contributed by atoms with Crippen LogP contribution >= 0.6 is 0 Å². The summed E-state index contributed by atoms with van der Waals surface area (Å²) >= 11 is 0. The zero-order valence-electron chi connectivity index (χ0n) is 46.7. The highest BCUT2D eigenvalue weighted by atomic mass is 16.6. The van der Waals surface area contributed by atoms with Gasteiger partial charge < -0.3 is 14.2 Å². The van der Waals surface area contributed by atoms with Gasteiger partial charge in [-0.05, 0) is 128 Å². The number of rotatable bonds is 52. The summed E-state index contributed by atoms with van der Waals surface area (Å²) in [6.45, 7) is 6.37. The summed E-state index contributed by atoms with van der Waals surface area (Å²) < 4.78 is 16.9. The van der Waals surface area contributed by atoms with Gasteiger partial charge in [-0.1, -0.05) is 232 Å². The lowest BCUT2D eigenvalue weighted by atomic mass is 10.1. The Kier molecular flexibility index (Phi) is 55.9. The third kappa shape index (κ3) is 56.7. The minimum Gasteiger partial charge on any atom is -0.462 e. The molecule has 0 saturated heterocycles. The van der Waals surface area contributed by atoms with Crippen LogP contribution in [0, 0.1) is 0 Å². The number of esters is 3. The Labute approximate surface area is 443 Å². The first-order chi connectivity index (χ1) is 35.5. The summed E-state index contributed by atoms with van der Waals surface area (Å²) in [4.78, 5) is 38.2. The molecule has 0 spiro atoms. The number of hydrogen-bond acceptors (Lipinski definition) is 6. The molecule has 1 atom stereocenters. The molecule has 0 radical (unpaired) electrons. The van der Waals surface area contributed by atoms with Gasteiger partial charge in [0.25, 0.3) is 0 Å². The molecule has 408 valence electrons. The van der Waals surface area contributed by atoms with Crippen molar-refractivity contribution in [3.8, 4) is 0 Å². The van der Waals surface area contributed by atoms with E-state index in [1.807, 2.05) is 0 Å². The molecule has 0 heterocycles. The summed E-state index contributed by atoms with van der Waals surface area (Å²) in [5.41, 5.74) is 0. The van der Waals surface area contributed by atoms with E-state index in [4.69, 9.17) is 14.2 Å². The van der Waals surface area contributed by atoms with Crippen molar-refractivity contribution in [2.24, 2.45) is 0 Å². The fourth-order valence-corrected chi connectivity index (χ4v) is 7.81. The van der Waals surface area contributed by atoms with Gasteiger partial charge in [0.15, 0.2) is 6.10 Å². The first kappa shape index (κ1) is 67.8. The van der Waals surface area contributed by atoms with Crippen LogP contribution in [0.25, 0.3) is 0 Å². The Morgan fingerprint density at radius 2 is 0.542 bits per heavy atom. The number of allylic oxidation sites excluding steroid dienone is 20. The quantitative estimate of drug-likeness (QED) is 0.0261. The highest BCUT2D eigenvalue weighted by Crippen LogP contribution is 2.14. The summed E-state index contributed by atoms with van der Waals surface area (Å²) in [6, 6.07) is 0. The van der Waals surface area contributed by atoms with Crippen LogP contribution in [0.1, 0.15) is 258 Å². The number of carbonyl (C=O) groups excluding carboxylic acids is 3. The van der Waals surface area contributed by atoms with Crippen LogP contribution in [-0.2, 0) is 28.6 Å². The average molecular weight is 998 g/mol. The summed E-state index contributed by atoms with van der Waals surface area (Å²) in [7, 11) is 0. The van der Waals surface area contributed by atoms with Gasteiger partial charge in [0.05, 0.1) is 0 Å². The molecule has 0 aromatic carbocycles. The van der Waals surface area contributed by atoms with Crippen molar-refractivity contribution in [3.63, 3.8) is 0 Å². The number of carbonyl (C=O) groups is 3. The van der Waals surface area contributed by atoms with Gasteiger partial charge >= 0.3 is 17.9 Å². The van der Waals surface area contributed by atoms with E-state index in [0.717, 1.165) is 161 Å². The van der Waals surface area contributed by atoms with Gasteiger partial charge in [0.2, 0.25) is 0 Å². The molecule has 0 bridgehead atoms. The molecule has 0 N–H and O–H groups in total. The molecule has 0 aliphatic heterocycles. The van der Waals surface area contributed by atoms with Gasteiger partial charge in [0.1, 0.15) is 13.2 Å². The Bertz CT molecular complexity index is 1520. The summed E-state index contributed by atoms with van der Waals surface area (Å²) in [5, 5.41) is 0. The first-order valence-corrected chi connectivity index (χ1v) is 29.5. The fraction of sp³-hybridized carbons (Fsp3) is 0.652. The van der Waals surface area contributed by atoms with Crippen molar-refractivity contribution in [3.05, 3.63) is 122 Å². The van der Waals surface area contributed by atoms with E-state index in [1.165, 1.54) is 57.8 Å². The average Bonchev–Trinajstić information content (AvgIpc) is 3.38. The predicted molar refractivity (Wildman–Crippen MR) is 311 cm³/mol. The second-order valence-electron chi connectivity index (χ2n) is 19.1. The second kappa shape index (κ2) is 59.4. The van der Waals surface area contributed by atoms with Gasteiger partial charge in [-0.25, -0.2) is 0 Å². The minimum atomic E-state index is -0.807. The van der Waals surface area contributed by atoms with E-state index in [9.17, 15) is 14.4 Å². The lowest BCUT2D eigenvalue weighted by Crippen LogP contribution is -2.30. The molecule has 0 fully saturated rings. The third-order valence-corrected chi connectivity index (χ3v) is 12.2. The van der Waals surface area contributed by atoms with Gasteiger partial charge in [-0.3, -0.25) is 14.4 Å². The van der Waals surface area contributed by atoms with E-state index in [1.54, 1.807) is 0 Å². The maximum absolute atomic E-state index is 12.9. The standard InChI is InChI=1S/C66H108O6/c1-4-7-10-13-16-19-22-25-28-31-32-33-34-36-38-41-44-47-50-53-56-59-65(68)71-62-63(61-70-64(67)58-55-52-49-46-43-40-37-30-27-24-21-18-15-12-9-6-3)72-66(69)60-57-54-51-48-45-42-39-35-29-26-23-20-17-14-11-8-5-2/h7-8,10-11,16-17,19-20,25-26,28-30,32-33,36-39,42,63H,4-6,9,12-15,18,21-24,27,31,34-35,40-41,43-62H2,1-3H3/b10-7-,11-8-,19-16-,20-17-,28-25-,29-26-,33-32-,37-30-,38-36-,42-39-.